The number of para-hydroxylation sites is 1. The predicted molar refractivity (Wildman–Crippen MR) is 116 cm³/mol. The van der Waals surface area contributed by atoms with Crippen molar-refractivity contribution in [2.24, 2.45) is 0 Å². The first-order chi connectivity index (χ1) is 15.6. The number of ether oxygens (including phenoxy) is 2. The van der Waals surface area contributed by atoms with Crippen LogP contribution in [0.1, 0.15) is 18.5 Å². The van der Waals surface area contributed by atoms with Gasteiger partial charge in [0.25, 0.3) is 5.91 Å². The molecule has 2 heterocycles. The van der Waals surface area contributed by atoms with Crippen molar-refractivity contribution < 1.29 is 29.0 Å². The number of phenols is 1. The molecule has 3 aromatic rings. The zero-order valence-electron chi connectivity index (χ0n) is 17.5. The van der Waals surface area contributed by atoms with E-state index in [1.807, 2.05) is 30.3 Å². The van der Waals surface area contributed by atoms with Gasteiger partial charge in [0.2, 0.25) is 0 Å². The average Bonchev–Trinajstić information content (AvgIpc) is 3.27. The Hall–Kier alpha value is -3.36. The number of carbonyl (C=O) groups excluding carboxylic acids is 1. The number of aliphatic hydroxyl groups excluding tert-OH is 1. The molecule has 8 nitrogen and oxygen atoms in total. The summed E-state index contributed by atoms with van der Waals surface area (Å²) in [7, 11) is 0. The van der Waals surface area contributed by atoms with E-state index in [4.69, 9.17) is 14.0 Å². The van der Waals surface area contributed by atoms with Crippen LogP contribution in [0, 0.1) is 0 Å². The van der Waals surface area contributed by atoms with Gasteiger partial charge in [-0.25, -0.2) is 0 Å². The largest absolute Gasteiger partial charge is 0.508 e. The fourth-order valence-corrected chi connectivity index (χ4v) is 3.65. The van der Waals surface area contributed by atoms with Gasteiger partial charge in [-0.1, -0.05) is 35.5 Å². The summed E-state index contributed by atoms with van der Waals surface area (Å²) in [5, 5.41) is 26.8. The van der Waals surface area contributed by atoms with Gasteiger partial charge in [0.1, 0.15) is 17.6 Å². The van der Waals surface area contributed by atoms with Crippen molar-refractivity contribution in [3.63, 3.8) is 0 Å². The second kappa shape index (κ2) is 10.3. The van der Waals surface area contributed by atoms with Crippen molar-refractivity contribution in [3.05, 3.63) is 66.4 Å². The summed E-state index contributed by atoms with van der Waals surface area (Å²) in [6.45, 7) is 0.0923. The molecule has 1 saturated heterocycles. The Morgan fingerprint density at radius 2 is 1.97 bits per heavy atom. The summed E-state index contributed by atoms with van der Waals surface area (Å²) >= 11 is 0. The summed E-state index contributed by atoms with van der Waals surface area (Å²) in [6.07, 6.45) is 0.466. The second-order valence-corrected chi connectivity index (χ2v) is 7.78. The standard InChI is InChI=1S/C24H26N2O6/c27-18-6-4-5-16(11-18)22-13-17(26-32-22)12-20-9-10-21(28)23(31-20)14-25-24(29)15-30-19-7-2-1-3-8-19/h1-8,11,13,20-21,23,27-28H,9-10,12,14-15H2,(H,25,29)/t20-,21-,23+/m0/s1. The Morgan fingerprint density at radius 3 is 2.78 bits per heavy atom. The zero-order valence-corrected chi connectivity index (χ0v) is 17.5. The van der Waals surface area contributed by atoms with Crippen LogP contribution in [-0.2, 0) is 16.0 Å². The van der Waals surface area contributed by atoms with Crippen LogP contribution in [0.3, 0.4) is 0 Å². The van der Waals surface area contributed by atoms with Gasteiger partial charge in [0, 0.05) is 24.6 Å². The van der Waals surface area contributed by atoms with E-state index >= 15 is 0 Å². The van der Waals surface area contributed by atoms with Crippen LogP contribution in [0.25, 0.3) is 11.3 Å². The molecule has 32 heavy (non-hydrogen) atoms. The highest BCUT2D eigenvalue weighted by Gasteiger charge is 2.31. The Morgan fingerprint density at radius 1 is 1.12 bits per heavy atom. The lowest BCUT2D eigenvalue weighted by Crippen LogP contribution is -2.47. The topological polar surface area (TPSA) is 114 Å². The molecule has 1 aliphatic rings. The molecule has 3 N–H and O–H groups in total. The minimum atomic E-state index is -0.651. The van der Waals surface area contributed by atoms with Crippen LogP contribution < -0.4 is 10.1 Å². The summed E-state index contributed by atoms with van der Waals surface area (Å²) in [5.41, 5.74) is 1.46. The number of amides is 1. The number of hydrogen-bond donors (Lipinski definition) is 3. The van der Waals surface area contributed by atoms with Gasteiger partial charge in [-0.05, 0) is 37.1 Å². The Bertz CT molecular complexity index is 1020. The number of aliphatic hydroxyl groups is 1. The van der Waals surface area contributed by atoms with Crippen LogP contribution in [0.15, 0.2) is 65.2 Å². The maximum absolute atomic E-state index is 12.1. The minimum Gasteiger partial charge on any atom is -0.508 e. The van der Waals surface area contributed by atoms with Gasteiger partial charge in [0.05, 0.1) is 17.9 Å². The van der Waals surface area contributed by atoms with Gasteiger partial charge in [-0.15, -0.1) is 0 Å². The molecule has 0 spiro atoms. The molecule has 1 aromatic heterocycles. The van der Waals surface area contributed by atoms with E-state index in [1.54, 1.807) is 30.3 Å². The Kier molecular flexibility index (Phi) is 7.03. The molecule has 0 bridgehead atoms. The van der Waals surface area contributed by atoms with Gasteiger partial charge in [0.15, 0.2) is 12.4 Å². The van der Waals surface area contributed by atoms with Crippen molar-refractivity contribution in [2.45, 2.75) is 37.6 Å². The summed E-state index contributed by atoms with van der Waals surface area (Å²) in [5.74, 6) is 1.06. The highest BCUT2D eigenvalue weighted by molar-refractivity contribution is 5.77. The monoisotopic (exact) mass is 438 g/mol. The van der Waals surface area contributed by atoms with Crippen molar-refractivity contribution >= 4 is 5.91 Å². The number of nitrogens with one attached hydrogen (secondary N) is 1. The van der Waals surface area contributed by atoms with Gasteiger partial charge in [-0.2, -0.15) is 0 Å². The molecule has 0 saturated carbocycles. The molecular weight excluding hydrogens is 412 g/mol. The molecule has 168 valence electrons. The lowest BCUT2D eigenvalue weighted by Gasteiger charge is -2.33. The van der Waals surface area contributed by atoms with Gasteiger partial charge < -0.3 is 29.5 Å². The molecule has 0 radical (unpaired) electrons. The fourth-order valence-electron chi connectivity index (χ4n) is 3.65. The molecule has 0 unspecified atom stereocenters. The fraction of sp³-hybridized carbons (Fsp3) is 0.333. The van der Waals surface area contributed by atoms with Crippen LogP contribution >= 0.6 is 0 Å². The predicted octanol–water partition coefficient (Wildman–Crippen LogP) is 2.69. The van der Waals surface area contributed by atoms with E-state index in [0.717, 1.165) is 11.3 Å². The number of phenolic OH excluding ortho intramolecular Hbond substituents is 1. The summed E-state index contributed by atoms with van der Waals surface area (Å²) in [4.78, 5) is 12.1. The Labute approximate surface area is 185 Å². The molecule has 1 aliphatic heterocycles. The van der Waals surface area contributed by atoms with Crippen molar-refractivity contribution in [2.75, 3.05) is 13.2 Å². The van der Waals surface area contributed by atoms with Crippen LogP contribution in [0.4, 0.5) is 0 Å². The summed E-state index contributed by atoms with van der Waals surface area (Å²) < 4.78 is 16.9. The average molecular weight is 438 g/mol. The lowest BCUT2D eigenvalue weighted by molar-refractivity contribution is -0.130. The van der Waals surface area contributed by atoms with E-state index in [9.17, 15) is 15.0 Å². The van der Waals surface area contributed by atoms with Gasteiger partial charge >= 0.3 is 0 Å². The van der Waals surface area contributed by atoms with Crippen LogP contribution in [-0.4, -0.2) is 52.7 Å². The quantitative estimate of drug-likeness (QED) is 0.495. The number of aromatic nitrogens is 1. The molecule has 2 aromatic carbocycles. The van der Waals surface area contributed by atoms with Crippen molar-refractivity contribution in [1.82, 2.24) is 10.5 Å². The van der Waals surface area contributed by atoms with Gasteiger partial charge in [-0.3, -0.25) is 4.79 Å². The smallest absolute Gasteiger partial charge is 0.258 e. The normalized spacial score (nSPS) is 20.6. The Balaban J connectivity index is 1.26. The van der Waals surface area contributed by atoms with E-state index in [-0.39, 0.29) is 30.9 Å². The second-order valence-electron chi connectivity index (χ2n) is 7.78. The SMILES string of the molecule is O=C(COc1ccccc1)NC[C@H]1O[C@H](Cc2cc(-c3cccc(O)c3)on2)CC[C@@H]1O. The number of carbonyl (C=O) groups is 1. The molecule has 3 atom stereocenters. The highest BCUT2D eigenvalue weighted by Crippen LogP contribution is 2.26. The third kappa shape index (κ3) is 5.87. The lowest BCUT2D eigenvalue weighted by atomic mass is 9.98. The molecule has 1 fully saturated rings. The summed E-state index contributed by atoms with van der Waals surface area (Å²) in [6, 6.07) is 17.7. The van der Waals surface area contributed by atoms with Crippen LogP contribution in [0.5, 0.6) is 11.5 Å². The first-order valence-corrected chi connectivity index (χ1v) is 10.6. The maximum Gasteiger partial charge on any atom is 0.258 e. The first kappa shape index (κ1) is 21.9. The highest BCUT2D eigenvalue weighted by atomic mass is 16.5. The molecule has 4 rings (SSSR count). The molecule has 1 amide bonds. The minimum absolute atomic E-state index is 0.104. The van der Waals surface area contributed by atoms with E-state index < -0.39 is 12.2 Å². The van der Waals surface area contributed by atoms with Crippen molar-refractivity contribution in [3.8, 4) is 22.8 Å². The van der Waals surface area contributed by atoms with Crippen LogP contribution in [0.2, 0.25) is 0 Å². The number of aromatic hydroxyl groups is 1. The molecule has 8 heteroatoms. The third-order valence-electron chi connectivity index (χ3n) is 5.32. The number of hydrogen-bond acceptors (Lipinski definition) is 7. The zero-order chi connectivity index (χ0) is 22.3. The molecule has 0 aliphatic carbocycles. The van der Waals surface area contributed by atoms with E-state index in [2.05, 4.69) is 10.5 Å². The van der Waals surface area contributed by atoms with E-state index in [1.165, 1.54) is 0 Å². The number of rotatable bonds is 8. The first-order valence-electron chi connectivity index (χ1n) is 10.6. The molecular formula is C24H26N2O6. The number of nitrogens with zero attached hydrogens (tertiary/aromatic N) is 1. The number of benzene rings is 2. The maximum atomic E-state index is 12.1. The third-order valence-corrected chi connectivity index (χ3v) is 5.32. The van der Waals surface area contributed by atoms with Crippen molar-refractivity contribution in [1.29, 1.82) is 0 Å². The van der Waals surface area contributed by atoms with E-state index in [0.29, 0.717) is 30.8 Å².